The molecule has 0 spiro atoms. The Labute approximate surface area is 110 Å². The first-order valence-electron chi connectivity index (χ1n) is 5.89. The van der Waals surface area contributed by atoms with Crippen LogP contribution >= 0.6 is 0 Å². The molecule has 0 fully saturated rings. The molecular weight excluding hydrogens is 238 g/mol. The second-order valence-corrected chi connectivity index (χ2v) is 4.16. The van der Waals surface area contributed by atoms with Gasteiger partial charge in [-0.15, -0.1) is 0 Å². The summed E-state index contributed by atoms with van der Waals surface area (Å²) in [4.78, 5) is 4.08. The molecule has 0 aliphatic rings. The van der Waals surface area contributed by atoms with Gasteiger partial charge in [0.2, 0.25) is 0 Å². The number of aromatic nitrogens is 2. The third-order valence-electron chi connectivity index (χ3n) is 2.99. The number of benzene rings is 1. The number of nitriles is 1. The lowest BCUT2D eigenvalue weighted by Crippen LogP contribution is -2.09. The average Bonchev–Trinajstić information content (AvgIpc) is 3.13. The normalized spacial score (nSPS) is 11.9. The fourth-order valence-corrected chi connectivity index (χ4v) is 2.09. The van der Waals surface area contributed by atoms with Gasteiger partial charge >= 0.3 is 0 Å². The lowest BCUT2D eigenvalue weighted by molar-refractivity contribution is 0.460. The molecule has 4 heteroatoms. The van der Waals surface area contributed by atoms with Crippen molar-refractivity contribution in [3.8, 4) is 6.07 Å². The molecule has 2 heterocycles. The summed E-state index contributed by atoms with van der Waals surface area (Å²) in [5.74, 6) is 0.836. The fourth-order valence-electron chi connectivity index (χ4n) is 2.09. The van der Waals surface area contributed by atoms with Crippen LogP contribution < -0.4 is 0 Å². The molecule has 0 saturated heterocycles. The van der Waals surface area contributed by atoms with E-state index in [-0.39, 0.29) is 6.04 Å². The van der Waals surface area contributed by atoms with Gasteiger partial charge in [-0.3, -0.25) is 0 Å². The zero-order valence-corrected chi connectivity index (χ0v) is 10.1. The van der Waals surface area contributed by atoms with Crippen molar-refractivity contribution in [3.63, 3.8) is 0 Å². The van der Waals surface area contributed by atoms with Crippen LogP contribution in [0.2, 0.25) is 0 Å². The molecule has 19 heavy (non-hydrogen) atoms. The average molecular weight is 249 g/mol. The van der Waals surface area contributed by atoms with Gasteiger partial charge in [0.25, 0.3) is 0 Å². The van der Waals surface area contributed by atoms with Crippen LogP contribution in [0, 0.1) is 11.3 Å². The fraction of sp³-hybridized carbons (Fsp3) is 0.0667. The second kappa shape index (κ2) is 4.83. The number of rotatable bonds is 3. The van der Waals surface area contributed by atoms with Gasteiger partial charge in [0.15, 0.2) is 0 Å². The van der Waals surface area contributed by atoms with Crippen LogP contribution in [0.3, 0.4) is 0 Å². The molecule has 4 nitrogen and oxygen atoms in total. The lowest BCUT2D eigenvalue weighted by Gasteiger charge is -2.16. The molecule has 0 amide bonds. The summed E-state index contributed by atoms with van der Waals surface area (Å²) in [6.45, 7) is 0. The number of imidazole rings is 1. The number of furan rings is 1. The van der Waals surface area contributed by atoms with Crippen molar-refractivity contribution in [2.45, 2.75) is 6.04 Å². The summed E-state index contributed by atoms with van der Waals surface area (Å²) in [6.07, 6.45) is 7.04. The molecule has 0 aliphatic carbocycles. The number of hydrogen-bond acceptors (Lipinski definition) is 3. The van der Waals surface area contributed by atoms with Crippen molar-refractivity contribution in [2.75, 3.05) is 0 Å². The zero-order valence-electron chi connectivity index (χ0n) is 10.1. The van der Waals surface area contributed by atoms with Crippen LogP contribution in [-0.4, -0.2) is 9.55 Å². The Kier molecular flexibility index (Phi) is 2.87. The molecule has 3 rings (SSSR count). The van der Waals surface area contributed by atoms with E-state index in [0.717, 1.165) is 11.3 Å². The van der Waals surface area contributed by atoms with E-state index in [1.807, 2.05) is 47.2 Å². The molecule has 0 saturated carbocycles. The molecule has 1 atom stereocenters. The van der Waals surface area contributed by atoms with E-state index in [9.17, 15) is 0 Å². The third-order valence-corrected chi connectivity index (χ3v) is 2.99. The van der Waals surface area contributed by atoms with E-state index in [1.165, 1.54) is 0 Å². The molecule has 1 aromatic carbocycles. The standard InChI is InChI=1S/C15H11N3O/c16-10-12-3-5-13(6-4-12)15(14-2-1-9-19-14)18-8-7-17-11-18/h1-9,11,15H. The van der Waals surface area contributed by atoms with Crippen molar-refractivity contribution in [1.29, 1.82) is 5.26 Å². The summed E-state index contributed by atoms with van der Waals surface area (Å²) in [6, 6.07) is 13.3. The van der Waals surface area contributed by atoms with Crippen molar-refractivity contribution in [3.05, 3.63) is 78.3 Å². The van der Waals surface area contributed by atoms with Gasteiger partial charge in [-0.25, -0.2) is 4.98 Å². The highest BCUT2D eigenvalue weighted by molar-refractivity contribution is 5.35. The molecular formula is C15H11N3O. The van der Waals surface area contributed by atoms with Crippen molar-refractivity contribution in [2.24, 2.45) is 0 Å². The maximum absolute atomic E-state index is 8.85. The molecule has 0 radical (unpaired) electrons. The smallest absolute Gasteiger partial charge is 0.131 e. The zero-order chi connectivity index (χ0) is 13.1. The Morgan fingerprint density at radius 3 is 2.63 bits per heavy atom. The Morgan fingerprint density at radius 1 is 1.21 bits per heavy atom. The van der Waals surface area contributed by atoms with E-state index in [4.69, 9.17) is 9.68 Å². The Bertz CT molecular complexity index is 642. The molecule has 3 aromatic rings. The van der Waals surface area contributed by atoms with Gasteiger partial charge < -0.3 is 8.98 Å². The third kappa shape index (κ3) is 2.14. The number of nitrogens with zero attached hydrogens (tertiary/aromatic N) is 3. The summed E-state index contributed by atoms with van der Waals surface area (Å²) in [5.41, 5.74) is 1.69. The first-order valence-corrected chi connectivity index (χ1v) is 5.89. The highest BCUT2D eigenvalue weighted by Gasteiger charge is 2.18. The minimum absolute atomic E-state index is 0.0646. The van der Waals surface area contributed by atoms with Gasteiger partial charge in [0.1, 0.15) is 11.8 Å². The van der Waals surface area contributed by atoms with E-state index in [1.54, 1.807) is 18.8 Å². The molecule has 0 N–H and O–H groups in total. The monoisotopic (exact) mass is 249 g/mol. The van der Waals surface area contributed by atoms with Gasteiger partial charge in [0, 0.05) is 12.4 Å². The van der Waals surface area contributed by atoms with E-state index in [2.05, 4.69) is 11.1 Å². The minimum Gasteiger partial charge on any atom is -0.467 e. The van der Waals surface area contributed by atoms with Crippen molar-refractivity contribution >= 4 is 0 Å². The Hall–Kier alpha value is -2.80. The second-order valence-electron chi connectivity index (χ2n) is 4.16. The Morgan fingerprint density at radius 2 is 2.05 bits per heavy atom. The maximum Gasteiger partial charge on any atom is 0.131 e. The van der Waals surface area contributed by atoms with E-state index >= 15 is 0 Å². The molecule has 1 unspecified atom stereocenters. The highest BCUT2D eigenvalue weighted by Crippen LogP contribution is 2.26. The summed E-state index contributed by atoms with van der Waals surface area (Å²) in [7, 11) is 0. The summed E-state index contributed by atoms with van der Waals surface area (Å²) < 4.78 is 7.49. The van der Waals surface area contributed by atoms with Crippen molar-refractivity contribution < 1.29 is 4.42 Å². The van der Waals surface area contributed by atoms with Crippen LogP contribution in [-0.2, 0) is 0 Å². The number of hydrogen-bond donors (Lipinski definition) is 0. The topological polar surface area (TPSA) is 54.8 Å². The first-order chi connectivity index (χ1) is 9.38. The highest BCUT2D eigenvalue weighted by atomic mass is 16.3. The maximum atomic E-state index is 8.85. The van der Waals surface area contributed by atoms with Crippen LogP contribution in [0.4, 0.5) is 0 Å². The summed E-state index contributed by atoms with van der Waals surface area (Å²) >= 11 is 0. The van der Waals surface area contributed by atoms with Crippen LogP contribution in [0.5, 0.6) is 0 Å². The predicted molar refractivity (Wildman–Crippen MR) is 69.3 cm³/mol. The van der Waals surface area contributed by atoms with Gasteiger partial charge in [-0.2, -0.15) is 5.26 Å². The van der Waals surface area contributed by atoms with E-state index in [0.29, 0.717) is 5.56 Å². The molecule has 0 bridgehead atoms. The SMILES string of the molecule is N#Cc1ccc(C(c2ccco2)n2ccnc2)cc1. The lowest BCUT2D eigenvalue weighted by atomic mass is 10.0. The molecule has 92 valence electrons. The predicted octanol–water partition coefficient (Wildman–Crippen LogP) is 2.99. The van der Waals surface area contributed by atoms with Crippen LogP contribution in [0.15, 0.2) is 65.8 Å². The summed E-state index contributed by atoms with van der Waals surface area (Å²) in [5, 5.41) is 8.85. The van der Waals surface area contributed by atoms with Gasteiger partial charge in [0.05, 0.1) is 24.2 Å². The van der Waals surface area contributed by atoms with Gasteiger partial charge in [-0.1, -0.05) is 12.1 Å². The van der Waals surface area contributed by atoms with Gasteiger partial charge in [-0.05, 0) is 29.8 Å². The first kappa shape index (κ1) is 11.3. The van der Waals surface area contributed by atoms with E-state index < -0.39 is 0 Å². The minimum atomic E-state index is -0.0646. The van der Waals surface area contributed by atoms with Crippen LogP contribution in [0.1, 0.15) is 22.9 Å². The van der Waals surface area contributed by atoms with Crippen LogP contribution in [0.25, 0.3) is 0 Å². The molecule has 2 aromatic heterocycles. The largest absolute Gasteiger partial charge is 0.467 e. The van der Waals surface area contributed by atoms with Crippen molar-refractivity contribution in [1.82, 2.24) is 9.55 Å². The molecule has 0 aliphatic heterocycles. The Balaban J connectivity index is 2.07. The quantitative estimate of drug-likeness (QED) is 0.717.